The van der Waals surface area contributed by atoms with Crippen LogP contribution < -0.4 is 4.90 Å². The van der Waals surface area contributed by atoms with Gasteiger partial charge in [0.05, 0.1) is 11.2 Å². The number of hydrogen-bond acceptors (Lipinski definition) is 3. The van der Waals surface area contributed by atoms with Crippen LogP contribution in [0.3, 0.4) is 0 Å². The zero-order chi connectivity index (χ0) is 16.8. The molecule has 0 radical (unpaired) electrons. The van der Waals surface area contributed by atoms with Crippen molar-refractivity contribution in [2.45, 2.75) is 26.4 Å². The molecule has 0 spiro atoms. The average molecular weight is 315 g/mol. The number of H-pyrrole nitrogens is 1. The highest BCUT2D eigenvalue weighted by molar-refractivity contribution is 6.12. The van der Waals surface area contributed by atoms with Crippen LogP contribution in [-0.4, -0.2) is 28.7 Å². The number of carbonyl (C=O) groups excluding carboxylic acids is 1. The molecule has 0 fully saturated rings. The second-order valence-electron chi connectivity index (χ2n) is 6.41. The van der Waals surface area contributed by atoms with Gasteiger partial charge in [0.1, 0.15) is 17.1 Å². The third-order valence-corrected chi connectivity index (χ3v) is 3.45. The Hall–Kier alpha value is -2.63. The number of hydrogen-bond donors (Lipinski definition) is 1. The molecule has 0 saturated heterocycles. The number of aromatic nitrogens is 2. The summed E-state index contributed by atoms with van der Waals surface area (Å²) < 4.78 is 19.4. The van der Waals surface area contributed by atoms with Crippen LogP contribution in [0.15, 0.2) is 30.5 Å². The molecule has 0 aliphatic heterocycles. The van der Waals surface area contributed by atoms with Crippen molar-refractivity contribution in [2.75, 3.05) is 11.9 Å². The second-order valence-corrected chi connectivity index (χ2v) is 6.41. The van der Waals surface area contributed by atoms with E-state index in [2.05, 4.69) is 9.97 Å². The first-order valence-electron chi connectivity index (χ1n) is 7.29. The Morgan fingerprint density at radius 3 is 2.74 bits per heavy atom. The van der Waals surface area contributed by atoms with Crippen LogP contribution in [-0.2, 0) is 4.74 Å². The topological polar surface area (TPSA) is 58.2 Å². The van der Waals surface area contributed by atoms with E-state index in [0.29, 0.717) is 22.2 Å². The molecule has 2 aromatic heterocycles. The standard InChI is InChI=1S/C17H18FN3O2/c1-17(2,3)23-16(22)21(4)13-9-10(18)8-12-11-6-5-7-19-15(11)20-14(12)13/h5-9H,1-4H3,(H,19,20). The number of halogens is 1. The van der Waals surface area contributed by atoms with E-state index in [0.717, 1.165) is 5.39 Å². The van der Waals surface area contributed by atoms with E-state index in [1.807, 2.05) is 6.07 Å². The molecular weight excluding hydrogens is 297 g/mol. The minimum atomic E-state index is -0.625. The van der Waals surface area contributed by atoms with Gasteiger partial charge in [0.25, 0.3) is 0 Å². The Balaban J connectivity index is 2.15. The predicted molar refractivity (Wildman–Crippen MR) is 88.2 cm³/mol. The highest BCUT2D eigenvalue weighted by Crippen LogP contribution is 2.32. The van der Waals surface area contributed by atoms with E-state index in [4.69, 9.17) is 4.74 Å². The van der Waals surface area contributed by atoms with Crippen LogP contribution in [0.25, 0.3) is 21.9 Å². The van der Waals surface area contributed by atoms with Gasteiger partial charge in [-0.3, -0.25) is 4.90 Å². The van der Waals surface area contributed by atoms with E-state index in [9.17, 15) is 9.18 Å². The lowest BCUT2D eigenvalue weighted by Gasteiger charge is -2.25. The summed E-state index contributed by atoms with van der Waals surface area (Å²) >= 11 is 0. The summed E-state index contributed by atoms with van der Waals surface area (Å²) in [6.07, 6.45) is 1.11. The number of nitrogens with one attached hydrogen (secondary N) is 1. The third kappa shape index (κ3) is 2.84. The number of anilines is 1. The van der Waals surface area contributed by atoms with Crippen LogP contribution in [0.2, 0.25) is 0 Å². The highest BCUT2D eigenvalue weighted by Gasteiger charge is 2.23. The molecule has 0 aliphatic carbocycles. The molecule has 5 nitrogen and oxygen atoms in total. The molecule has 1 amide bonds. The fourth-order valence-corrected chi connectivity index (χ4v) is 2.47. The summed E-state index contributed by atoms with van der Waals surface area (Å²) in [6.45, 7) is 5.35. The minimum absolute atomic E-state index is 0.409. The number of amides is 1. The number of benzene rings is 1. The molecule has 1 aromatic carbocycles. The molecular formula is C17H18FN3O2. The Labute approximate surface area is 133 Å². The molecule has 0 bridgehead atoms. The van der Waals surface area contributed by atoms with E-state index in [-0.39, 0.29) is 0 Å². The van der Waals surface area contributed by atoms with Gasteiger partial charge in [-0.25, -0.2) is 14.2 Å². The van der Waals surface area contributed by atoms with Crippen molar-refractivity contribution in [1.82, 2.24) is 9.97 Å². The lowest BCUT2D eigenvalue weighted by atomic mass is 10.1. The van der Waals surface area contributed by atoms with Crippen molar-refractivity contribution in [3.05, 3.63) is 36.3 Å². The van der Waals surface area contributed by atoms with Crippen molar-refractivity contribution in [3.8, 4) is 0 Å². The Morgan fingerprint density at radius 1 is 1.30 bits per heavy atom. The number of carbonyl (C=O) groups is 1. The molecule has 3 aromatic rings. The van der Waals surface area contributed by atoms with Crippen molar-refractivity contribution in [1.29, 1.82) is 0 Å². The van der Waals surface area contributed by atoms with Gasteiger partial charge in [-0.15, -0.1) is 0 Å². The molecule has 2 heterocycles. The van der Waals surface area contributed by atoms with Gasteiger partial charge >= 0.3 is 6.09 Å². The average Bonchev–Trinajstić information content (AvgIpc) is 2.82. The van der Waals surface area contributed by atoms with Crippen molar-refractivity contribution < 1.29 is 13.9 Å². The SMILES string of the molecule is CN(C(=O)OC(C)(C)C)c1cc(F)cc2c1[nH]c1ncccc12. The van der Waals surface area contributed by atoms with E-state index in [1.165, 1.54) is 17.0 Å². The van der Waals surface area contributed by atoms with E-state index < -0.39 is 17.5 Å². The first-order valence-corrected chi connectivity index (χ1v) is 7.29. The van der Waals surface area contributed by atoms with Crippen molar-refractivity contribution in [3.63, 3.8) is 0 Å². The lowest BCUT2D eigenvalue weighted by Crippen LogP contribution is -2.34. The van der Waals surface area contributed by atoms with Gasteiger partial charge in [-0.1, -0.05) is 0 Å². The summed E-state index contributed by atoms with van der Waals surface area (Å²) in [7, 11) is 1.56. The zero-order valence-electron chi connectivity index (χ0n) is 13.5. The smallest absolute Gasteiger partial charge is 0.414 e. The number of rotatable bonds is 1. The summed E-state index contributed by atoms with van der Waals surface area (Å²) in [5.74, 6) is -0.423. The summed E-state index contributed by atoms with van der Waals surface area (Å²) in [5.41, 5.74) is 1.08. The predicted octanol–water partition coefficient (Wildman–Crippen LogP) is 4.23. The molecule has 0 unspecified atom stereocenters. The number of nitrogens with zero attached hydrogens (tertiary/aromatic N) is 2. The largest absolute Gasteiger partial charge is 0.443 e. The maximum absolute atomic E-state index is 14.1. The molecule has 23 heavy (non-hydrogen) atoms. The van der Waals surface area contributed by atoms with Gasteiger partial charge in [-0.2, -0.15) is 0 Å². The van der Waals surface area contributed by atoms with Gasteiger partial charge < -0.3 is 9.72 Å². The Morgan fingerprint density at radius 2 is 2.04 bits per heavy atom. The van der Waals surface area contributed by atoms with Crippen LogP contribution in [0.1, 0.15) is 20.8 Å². The van der Waals surface area contributed by atoms with Crippen LogP contribution in [0.4, 0.5) is 14.9 Å². The quantitative estimate of drug-likeness (QED) is 0.731. The Kier molecular flexibility index (Phi) is 3.47. The fraction of sp³-hybridized carbons (Fsp3) is 0.294. The summed E-state index contributed by atoms with van der Waals surface area (Å²) in [5, 5.41) is 1.49. The zero-order valence-corrected chi connectivity index (χ0v) is 13.5. The van der Waals surface area contributed by atoms with Gasteiger partial charge in [0.15, 0.2) is 0 Å². The normalized spacial score (nSPS) is 11.9. The molecule has 6 heteroatoms. The fourth-order valence-electron chi connectivity index (χ4n) is 2.47. The van der Waals surface area contributed by atoms with Gasteiger partial charge in [0, 0.05) is 24.0 Å². The van der Waals surface area contributed by atoms with Crippen LogP contribution in [0.5, 0.6) is 0 Å². The molecule has 120 valence electrons. The second kappa shape index (κ2) is 5.22. The molecule has 3 rings (SSSR count). The number of pyridine rings is 1. The Bertz CT molecular complexity index is 896. The maximum Gasteiger partial charge on any atom is 0.414 e. The minimum Gasteiger partial charge on any atom is -0.443 e. The van der Waals surface area contributed by atoms with Crippen LogP contribution in [0, 0.1) is 5.82 Å². The van der Waals surface area contributed by atoms with E-state index in [1.54, 1.807) is 40.1 Å². The lowest BCUT2D eigenvalue weighted by molar-refractivity contribution is 0.0589. The summed E-state index contributed by atoms with van der Waals surface area (Å²) in [4.78, 5) is 21.0. The van der Waals surface area contributed by atoms with E-state index >= 15 is 0 Å². The molecule has 0 atom stereocenters. The summed E-state index contributed by atoms with van der Waals surface area (Å²) in [6, 6.07) is 6.39. The highest BCUT2D eigenvalue weighted by atomic mass is 19.1. The van der Waals surface area contributed by atoms with Gasteiger partial charge in [-0.05, 0) is 45.0 Å². The number of fused-ring (bicyclic) bond motifs is 3. The number of ether oxygens (including phenoxy) is 1. The van der Waals surface area contributed by atoms with Crippen LogP contribution >= 0.6 is 0 Å². The maximum atomic E-state index is 14.1. The van der Waals surface area contributed by atoms with Crippen molar-refractivity contribution >= 4 is 33.7 Å². The molecule has 1 N–H and O–H groups in total. The molecule has 0 saturated carbocycles. The first kappa shape index (κ1) is 15.3. The van der Waals surface area contributed by atoms with Crippen molar-refractivity contribution in [2.24, 2.45) is 0 Å². The first-order chi connectivity index (χ1) is 10.8. The number of aromatic amines is 1. The molecule has 0 aliphatic rings. The monoisotopic (exact) mass is 315 g/mol. The third-order valence-electron chi connectivity index (χ3n) is 3.45. The van der Waals surface area contributed by atoms with Gasteiger partial charge in [0.2, 0.25) is 0 Å².